The van der Waals surface area contributed by atoms with E-state index in [0.717, 1.165) is 0 Å². The first-order valence-corrected chi connectivity index (χ1v) is 7.47. The van der Waals surface area contributed by atoms with Gasteiger partial charge in [0.2, 0.25) is 0 Å². The van der Waals surface area contributed by atoms with Gasteiger partial charge < -0.3 is 19.1 Å². The van der Waals surface area contributed by atoms with E-state index in [1.54, 1.807) is 36.4 Å². The number of fused-ring (bicyclic) bond motifs is 1. The van der Waals surface area contributed by atoms with Gasteiger partial charge >= 0.3 is 29.6 Å². The Balaban J connectivity index is 0.00000225. The monoisotopic (exact) mass is 366 g/mol. The van der Waals surface area contributed by atoms with Gasteiger partial charge in [-0.25, -0.2) is 0 Å². The zero-order valence-electron chi connectivity index (χ0n) is 13.7. The fraction of sp³-hybridized carbons (Fsp3) is 0.111. The SMILES string of the molecule is COc1ccc(Cl)cc1-c1cc(=O)c2cccc(CC(=O)[O-])c2o1.[Na+]. The van der Waals surface area contributed by atoms with Crippen LogP contribution in [-0.4, -0.2) is 13.1 Å². The van der Waals surface area contributed by atoms with Gasteiger partial charge in [-0.05, 0) is 24.3 Å². The van der Waals surface area contributed by atoms with Crippen LogP contribution in [0.5, 0.6) is 5.75 Å². The largest absolute Gasteiger partial charge is 1.00 e. The molecule has 1 heterocycles. The third-order valence-corrected chi connectivity index (χ3v) is 3.83. The van der Waals surface area contributed by atoms with Gasteiger partial charge in [0.1, 0.15) is 17.1 Å². The van der Waals surface area contributed by atoms with Crippen molar-refractivity contribution in [3.63, 3.8) is 0 Å². The summed E-state index contributed by atoms with van der Waals surface area (Å²) in [4.78, 5) is 23.3. The summed E-state index contributed by atoms with van der Waals surface area (Å²) in [6.45, 7) is 0. The molecule has 0 amide bonds. The summed E-state index contributed by atoms with van der Waals surface area (Å²) >= 11 is 6.02. The maximum atomic E-state index is 12.4. The number of carboxylic acid groups (broad SMARTS) is 1. The van der Waals surface area contributed by atoms with Gasteiger partial charge in [0.15, 0.2) is 5.43 Å². The van der Waals surface area contributed by atoms with Crippen molar-refractivity contribution in [1.29, 1.82) is 0 Å². The Kier molecular flexibility index (Phi) is 6.30. The van der Waals surface area contributed by atoms with Crippen LogP contribution in [0.15, 0.2) is 51.7 Å². The van der Waals surface area contributed by atoms with Crippen LogP contribution in [0.2, 0.25) is 5.02 Å². The summed E-state index contributed by atoms with van der Waals surface area (Å²) in [5.41, 5.74) is 0.805. The third kappa shape index (κ3) is 4.07. The van der Waals surface area contributed by atoms with Crippen molar-refractivity contribution in [1.82, 2.24) is 0 Å². The zero-order chi connectivity index (χ0) is 17.3. The second-order valence-corrected chi connectivity index (χ2v) is 5.60. The molecule has 3 rings (SSSR count). The molecule has 3 aromatic rings. The van der Waals surface area contributed by atoms with Gasteiger partial charge in [0, 0.05) is 29.0 Å². The van der Waals surface area contributed by atoms with Crippen LogP contribution < -0.4 is 44.8 Å². The molecule has 0 atom stereocenters. The van der Waals surface area contributed by atoms with E-state index >= 15 is 0 Å². The van der Waals surface area contributed by atoms with E-state index in [2.05, 4.69) is 0 Å². The van der Waals surface area contributed by atoms with Crippen LogP contribution in [0.4, 0.5) is 0 Å². The van der Waals surface area contributed by atoms with Gasteiger partial charge in [-0.3, -0.25) is 4.79 Å². The van der Waals surface area contributed by atoms with E-state index in [0.29, 0.717) is 27.3 Å². The number of rotatable bonds is 4. The molecule has 0 N–H and O–H groups in total. The van der Waals surface area contributed by atoms with Gasteiger partial charge in [0.25, 0.3) is 0 Å². The number of carbonyl (C=O) groups is 1. The van der Waals surface area contributed by atoms with E-state index in [-0.39, 0.29) is 52.8 Å². The molecule has 1 aromatic heterocycles. The van der Waals surface area contributed by atoms with Gasteiger partial charge in [0.05, 0.1) is 18.1 Å². The van der Waals surface area contributed by atoms with Crippen LogP contribution in [0.3, 0.4) is 0 Å². The second kappa shape index (κ2) is 8.06. The number of carboxylic acids is 1. The molecule has 122 valence electrons. The van der Waals surface area contributed by atoms with E-state index < -0.39 is 5.97 Å². The van der Waals surface area contributed by atoms with Crippen LogP contribution in [0, 0.1) is 0 Å². The minimum absolute atomic E-state index is 0. The standard InChI is InChI=1S/C18H13ClO5.Na/c1-23-15-6-5-11(19)8-13(15)16-9-14(20)12-4-2-3-10(7-17(21)22)18(12)24-16;/h2-6,8-9H,7H2,1H3,(H,21,22);/q;+1/p-1. The van der Waals surface area contributed by atoms with Crippen molar-refractivity contribution in [3.8, 4) is 17.1 Å². The number of halogens is 1. The number of aliphatic carboxylic acids is 1. The number of methoxy groups -OCH3 is 1. The summed E-state index contributed by atoms with van der Waals surface area (Å²) in [7, 11) is 1.49. The Morgan fingerprint density at radius 3 is 2.68 bits per heavy atom. The van der Waals surface area contributed by atoms with Crippen LogP contribution >= 0.6 is 11.6 Å². The van der Waals surface area contributed by atoms with Gasteiger partial charge in [-0.15, -0.1) is 0 Å². The minimum Gasteiger partial charge on any atom is -0.550 e. The average Bonchev–Trinajstić information content (AvgIpc) is 2.55. The molecule has 25 heavy (non-hydrogen) atoms. The molecular formula is C18H12ClNaO5. The smallest absolute Gasteiger partial charge is 0.550 e. The molecule has 0 saturated heterocycles. The van der Waals surface area contributed by atoms with Crippen LogP contribution in [0.1, 0.15) is 5.56 Å². The Hall–Kier alpha value is -1.79. The zero-order valence-corrected chi connectivity index (χ0v) is 16.4. The van der Waals surface area contributed by atoms with Crippen molar-refractivity contribution in [2.45, 2.75) is 6.42 Å². The fourth-order valence-corrected chi connectivity index (χ4v) is 2.71. The Labute approximate surface area is 170 Å². The van der Waals surface area contributed by atoms with Crippen molar-refractivity contribution in [2.75, 3.05) is 7.11 Å². The molecule has 7 heteroatoms. The van der Waals surface area contributed by atoms with Gasteiger partial charge in [-0.1, -0.05) is 23.7 Å². The molecule has 0 aliphatic carbocycles. The summed E-state index contributed by atoms with van der Waals surface area (Å²) in [6.07, 6.45) is -0.351. The Morgan fingerprint density at radius 1 is 1.24 bits per heavy atom. The predicted octanol–water partition coefficient (Wildman–Crippen LogP) is -0.582. The quantitative estimate of drug-likeness (QED) is 0.577. The normalized spacial score (nSPS) is 10.3. The number of hydrogen-bond donors (Lipinski definition) is 0. The molecule has 0 saturated carbocycles. The van der Waals surface area contributed by atoms with Crippen molar-refractivity contribution in [2.24, 2.45) is 0 Å². The molecule has 0 radical (unpaired) electrons. The summed E-state index contributed by atoms with van der Waals surface area (Å²) < 4.78 is 11.1. The molecule has 0 aliphatic rings. The first kappa shape index (κ1) is 19.5. The predicted molar refractivity (Wildman–Crippen MR) is 88.2 cm³/mol. The molecule has 0 spiro atoms. The average molecular weight is 367 g/mol. The van der Waals surface area contributed by atoms with E-state index in [9.17, 15) is 14.7 Å². The molecule has 0 aliphatic heterocycles. The first-order valence-electron chi connectivity index (χ1n) is 7.09. The topological polar surface area (TPSA) is 79.6 Å². The summed E-state index contributed by atoms with van der Waals surface area (Å²) in [6, 6.07) is 11.0. The third-order valence-electron chi connectivity index (χ3n) is 3.60. The number of ether oxygens (including phenoxy) is 1. The van der Waals surface area contributed by atoms with Crippen LogP contribution in [0.25, 0.3) is 22.3 Å². The van der Waals surface area contributed by atoms with Crippen molar-refractivity contribution in [3.05, 3.63) is 63.3 Å². The summed E-state index contributed by atoms with van der Waals surface area (Å²) in [5.74, 6) is -0.521. The maximum Gasteiger partial charge on any atom is 1.00 e. The fourth-order valence-electron chi connectivity index (χ4n) is 2.54. The molecule has 5 nitrogen and oxygen atoms in total. The van der Waals surface area contributed by atoms with E-state index in [1.807, 2.05) is 0 Å². The Morgan fingerprint density at radius 2 is 2.00 bits per heavy atom. The number of carbonyl (C=O) groups excluding carboxylic acids is 1. The number of para-hydroxylation sites is 1. The molecule has 0 unspecified atom stereocenters. The number of benzene rings is 2. The Bertz CT molecular complexity index is 996. The van der Waals surface area contributed by atoms with E-state index in [4.69, 9.17) is 20.8 Å². The first-order chi connectivity index (χ1) is 11.5. The van der Waals surface area contributed by atoms with Crippen LogP contribution in [-0.2, 0) is 11.2 Å². The van der Waals surface area contributed by atoms with E-state index in [1.165, 1.54) is 13.2 Å². The molecular weight excluding hydrogens is 355 g/mol. The molecule has 0 bridgehead atoms. The maximum absolute atomic E-state index is 12.4. The molecule has 2 aromatic carbocycles. The van der Waals surface area contributed by atoms with Crippen molar-refractivity contribution < 1.29 is 48.6 Å². The van der Waals surface area contributed by atoms with Gasteiger partial charge in [-0.2, -0.15) is 0 Å². The van der Waals surface area contributed by atoms with Crippen molar-refractivity contribution >= 4 is 28.5 Å². The summed E-state index contributed by atoms with van der Waals surface area (Å²) in [5, 5.41) is 11.7. The molecule has 0 fully saturated rings. The number of hydrogen-bond acceptors (Lipinski definition) is 5. The second-order valence-electron chi connectivity index (χ2n) is 5.16. The minimum atomic E-state index is -1.25.